The van der Waals surface area contributed by atoms with Crippen molar-refractivity contribution in [2.75, 3.05) is 19.9 Å². The fraction of sp³-hybridized carbons (Fsp3) is 1.00. The predicted octanol–water partition coefficient (Wildman–Crippen LogP) is 2.66. The van der Waals surface area contributed by atoms with Crippen molar-refractivity contribution < 1.29 is 13.8 Å². The van der Waals surface area contributed by atoms with E-state index in [1.54, 1.807) is 0 Å². The fourth-order valence-corrected chi connectivity index (χ4v) is 6.68. The Kier molecular flexibility index (Phi) is 6.53. The lowest BCUT2D eigenvalue weighted by Crippen LogP contribution is -2.27. The highest BCUT2D eigenvalue weighted by molar-refractivity contribution is 7.68. The summed E-state index contributed by atoms with van der Waals surface area (Å²) in [5.41, 5.74) is 0. The second-order valence-electron chi connectivity index (χ2n) is 5.08. The molecule has 15 heavy (non-hydrogen) atoms. The lowest BCUT2D eigenvalue weighted by Gasteiger charge is -2.33. The smallest absolute Gasteiger partial charge is 0.261 e. The summed E-state index contributed by atoms with van der Waals surface area (Å²) in [5, 5.41) is 8.80. The van der Waals surface area contributed by atoms with Gasteiger partial charge in [-0.3, -0.25) is 4.21 Å². The van der Waals surface area contributed by atoms with Crippen LogP contribution in [0.3, 0.4) is 0 Å². The molecule has 0 fully saturated rings. The van der Waals surface area contributed by atoms with E-state index in [2.05, 4.69) is 40.5 Å². The minimum atomic E-state index is -1.79. The van der Waals surface area contributed by atoms with E-state index in [9.17, 15) is 0 Å². The van der Waals surface area contributed by atoms with Crippen LogP contribution >= 0.6 is 7.72 Å². The molecule has 0 saturated carbocycles. The van der Waals surface area contributed by atoms with Gasteiger partial charge < -0.3 is 5.11 Å². The van der Waals surface area contributed by atoms with Gasteiger partial charge in [0.05, 0.1) is 6.61 Å². The van der Waals surface area contributed by atoms with Gasteiger partial charge in [0.1, 0.15) is 11.8 Å². The molecule has 0 radical (unpaired) electrons. The molecule has 1 atom stereocenters. The van der Waals surface area contributed by atoms with Gasteiger partial charge in [0.15, 0.2) is 0 Å². The standard InChI is InChI=1S/C10H26O3PSi/c1-10(2,3)14(4,13-15(5)6)12-9-7-8-11/h11,15H,7-9H2,1-6H3/q+1. The van der Waals surface area contributed by atoms with Crippen molar-refractivity contribution in [2.45, 2.75) is 45.4 Å². The zero-order chi connectivity index (χ0) is 12.1. The molecule has 0 bridgehead atoms. The number of hydrogen-bond acceptors (Lipinski definition) is 3. The number of aliphatic hydroxyl groups excluding tert-OH is 1. The highest BCUT2D eigenvalue weighted by Crippen LogP contribution is 2.67. The van der Waals surface area contributed by atoms with Gasteiger partial charge in [-0.25, -0.2) is 4.52 Å². The van der Waals surface area contributed by atoms with Crippen molar-refractivity contribution in [3.05, 3.63) is 0 Å². The van der Waals surface area contributed by atoms with Crippen LogP contribution in [0.15, 0.2) is 0 Å². The molecule has 92 valence electrons. The Morgan fingerprint density at radius 1 is 1.27 bits per heavy atom. The third kappa shape index (κ3) is 5.41. The molecule has 1 unspecified atom stereocenters. The molecule has 0 aliphatic heterocycles. The molecule has 3 nitrogen and oxygen atoms in total. The van der Waals surface area contributed by atoms with Crippen LogP contribution in [-0.4, -0.2) is 39.2 Å². The highest BCUT2D eigenvalue weighted by Gasteiger charge is 2.49. The summed E-state index contributed by atoms with van der Waals surface area (Å²) in [6.45, 7) is 13.7. The average Bonchev–Trinajstić information content (AvgIpc) is 2.01. The Balaban J connectivity index is 4.42. The zero-order valence-electron chi connectivity index (χ0n) is 10.9. The molecule has 0 aromatic rings. The zero-order valence-corrected chi connectivity index (χ0v) is 13.0. The quantitative estimate of drug-likeness (QED) is 0.449. The van der Waals surface area contributed by atoms with Gasteiger partial charge in [0.2, 0.25) is 9.04 Å². The number of aliphatic hydroxyl groups is 1. The first-order chi connectivity index (χ1) is 6.73. The van der Waals surface area contributed by atoms with Crippen molar-refractivity contribution in [2.24, 2.45) is 0 Å². The molecule has 0 aromatic carbocycles. The minimum absolute atomic E-state index is 0.0553. The molecule has 0 saturated heterocycles. The van der Waals surface area contributed by atoms with Crippen molar-refractivity contribution in [1.29, 1.82) is 0 Å². The lowest BCUT2D eigenvalue weighted by molar-refractivity contribution is 0.223. The van der Waals surface area contributed by atoms with E-state index < -0.39 is 16.8 Å². The van der Waals surface area contributed by atoms with Gasteiger partial charge in [0, 0.05) is 6.61 Å². The van der Waals surface area contributed by atoms with Crippen molar-refractivity contribution in [3.63, 3.8) is 0 Å². The van der Waals surface area contributed by atoms with E-state index in [4.69, 9.17) is 13.8 Å². The minimum Gasteiger partial charge on any atom is -0.396 e. The van der Waals surface area contributed by atoms with Gasteiger partial charge in [0.25, 0.3) is 7.72 Å². The van der Waals surface area contributed by atoms with Crippen LogP contribution in [-0.2, 0) is 8.74 Å². The molecule has 0 aromatic heterocycles. The molecule has 0 amide bonds. The summed E-state index contributed by atoms with van der Waals surface area (Å²) >= 11 is 0. The first-order valence-electron chi connectivity index (χ1n) is 5.53. The van der Waals surface area contributed by atoms with Crippen LogP contribution in [0.5, 0.6) is 0 Å². The number of rotatable bonds is 6. The van der Waals surface area contributed by atoms with Crippen LogP contribution in [0.4, 0.5) is 0 Å². The first-order valence-corrected chi connectivity index (χ1v) is 10.4. The topological polar surface area (TPSA) is 38.7 Å². The maximum Gasteiger partial charge on any atom is 0.261 e. The Labute approximate surface area is 96.4 Å². The molecule has 0 spiro atoms. The van der Waals surface area contributed by atoms with E-state index in [1.165, 1.54) is 0 Å². The predicted molar refractivity (Wildman–Crippen MR) is 70.2 cm³/mol. The number of hydrogen-bond donors (Lipinski definition) is 1. The maximum absolute atomic E-state index is 8.75. The van der Waals surface area contributed by atoms with E-state index in [0.29, 0.717) is 13.0 Å². The van der Waals surface area contributed by atoms with Crippen molar-refractivity contribution in [1.82, 2.24) is 0 Å². The second-order valence-corrected chi connectivity index (χ2v) is 11.3. The molecule has 0 aliphatic rings. The summed E-state index contributed by atoms with van der Waals surface area (Å²) in [6.07, 6.45) is 0.689. The molecule has 5 heteroatoms. The Morgan fingerprint density at radius 2 is 1.80 bits per heavy atom. The normalized spacial score (nSPS) is 16.8. The van der Waals surface area contributed by atoms with Crippen LogP contribution < -0.4 is 0 Å². The molecule has 0 rings (SSSR count). The summed E-state index contributed by atoms with van der Waals surface area (Å²) in [6, 6.07) is 0. The Hall–Kier alpha value is 0.527. The van der Waals surface area contributed by atoms with Gasteiger partial charge >= 0.3 is 0 Å². The molecular weight excluding hydrogens is 227 g/mol. The second kappa shape index (κ2) is 6.31. The van der Waals surface area contributed by atoms with Crippen LogP contribution in [0.25, 0.3) is 0 Å². The van der Waals surface area contributed by atoms with Crippen molar-refractivity contribution >= 4 is 16.8 Å². The van der Waals surface area contributed by atoms with Crippen molar-refractivity contribution in [3.8, 4) is 0 Å². The molecule has 1 N–H and O–H groups in total. The summed E-state index contributed by atoms with van der Waals surface area (Å²) < 4.78 is 12.0. The average molecular weight is 253 g/mol. The third-order valence-corrected chi connectivity index (χ3v) is 8.68. The fourth-order valence-electron chi connectivity index (χ4n) is 1.09. The van der Waals surface area contributed by atoms with E-state index >= 15 is 0 Å². The summed E-state index contributed by atoms with van der Waals surface area (Å²) in [4.78, 5) is 0. The summed E-state index contributed by atoms with van der Waals surface area (Å²) in [5.74, 6) is 0. The molecule has 0 heterocycles. The van der Waals surface area contributed by atoms with Gasteiger partial charge in [-0.05, 0) is 40.3 Å². The highest BCUT2D eigenvalue weighted by atomic mass is 31.2. The largest absolute Gasteiger partial charge is 0.396 e. The van der Waals surface area contributed by atoms with Gasteiger partial charge in [-0.1, -0.05) is 0 Å². The SMILES string of the molecule is C[SiH](C)O[P+](C)(OCCCO)C(C)(C)C. The van der Waals surface area contributed by atoms with Crippen LogP contribution in [0.2, 0.25) is 13.1 Å². The van der Waals surface area contributed by atoms with Gasteiger partial charge in [-0.2, -0.15) is 0 Å². The maximum atomic E-state index is 8.75. The van der Waals surface area contributed by atoms with Crippen LogP contribution in [0, 0.1) is 0 Å². The van der Waals surface area contributed by atoms with E-state index in [1.807, 2.05) is 0 Å². The lowest BCUT2D eigenvalue weighted by atomic mass is 10.3. The Morgan fingerprint density at radius 3 is 2.13 bits per heavy atom. The molecule has 0 aliphatic carbocycles. The summed E-state index contributed by atoms with van der Waals surface area (Å²) in [7, 11) is -2.87. The molecular formula is C10H26O3PSi+. The monoisotopic (exact) mass is 253 g/mol. The van der Waals surface area contributed by atoms with Gasteiger partial charge in [-0.15, -0.1) is 0 Å². The third-order valence-electron chi connectivity index (χ3n) is 2.27. The Bertz CT molecular complexity index is 182. The van der Waals surface area contributed by atoms with Crippen LogP contribution in [0.1, 0.15) is 27.2 Å². The van der Waals surface area contributed by atoms with E-state index in [-0.39, 0.29) is 11.8 Å². The first kappa shape index (κ1) is 15.5. The van der Waals surface area contributed by atoms with E-state index in [0.717, 1.165) is 0 Å².